The van der Waals surface area contributed by atoms with Crippen LogP contribution in [-0.4, -0.2) is 58.8 Å². The monoisotopic (exact) mass is 439 g/mol. The van der Waals surface area contributed by atoms with Gasteiger partial charge < -0.3 is 24.1 Å². The lowest BCUT2D eigenvalue weighted by Gasteiger charge is -2.26. The van der Waals surface area contributed by atoms with Gasteiger partial charge in [0.2, 0.25) is 12.2 Å². The van der Waals surface area contributed by atoms with Crippen LogP contribution in [0.1, 0.15) is 25.0 Å². The number of nitrogens with zero attached hydrogens (tertiary/aromatic N) is 4. The topological polar surface area (TPSA) is 102 Å². The zero-order valence-electron chi connectivity index (χ0n) is 17.2. The molecule has 166 valence electrons. The minimum Gasteiger partial charge on any atom is -0.460 e. The van der Waals surface area contributed by atoms with Crippen LogP contribution < -0.4 is 4.90 Å². The molecule has 10 heteroatoms. The van der Waals surface area contributed by atoms with E-state index in [0.29, 0.717) is 35.3 Å². The highest BCUT2D eigenvalue weighted by atomic mass is 19.1. The Hall–Kier alpha value is -3.37. The number of imidazole rings is 1. The Bertz CT molecular complexity index is 1080. The van der Waals surface area contributed by atoms with Crippen molar-refractivity contribution in [2.45, 2.75) is 25.2 Å². The highest BCUT2D eigenvalue weighted by molar-refractivity contribution is 5.77. The van der Waals surface area contributed by atoms with Crippen molar-refractivity contribution in [3.05, 3.63) is 48.2 Å². The van der Waals surface area contributed by atoms with Crippen molar-refractivity contribution in [2.24, 2.45) is 0 Å². The molecule has 3 aromatic rings. The maximum absolute atomic E-state index is 13.5. The van der Waals surface area contributed by atoms with Gasteiger partial charge in [-0.1, -0.05) is 0 Å². The molecular formula is C22H22FN5O4. The zero-order chi connectivity index (χ0) is 21.9. The third kappa shape index (κ3) is 4.19. The molecule has 2 aliphatic heterocycles. The van der Waals surface area contributed by atoms with Gasteiger partial charge in [-0.05, 0) is 43.2 Å². The van der Waals surface area contributed by atoms with Gasteiger partial charge in [0.05, 0.1) is 30.3 Å². The summed E-state index contributed by atoms with van der Waals surface area (Å²) in [5.74, 6) is 0.787. The first kappa shape index (κ1) is 20.5. The molecule has 0 spiro atoms. The van der Waals surface area contributed by atoms with Crippen molar-refractivity contribution in [3.8, 4) is 22.6 Å². The largest absolute Gasteiger partial charge is 0.460 e. The van der Waals surface area contributed by atoms with E-state index in [1.165, 1.54) is 12.1 Å². The normalized spacial score (nSPS) is 21.0. The molecule has 1 N–H and O–H groups in total. The molecule has 0 bridgehead atoms. The summed E-state index contributed by atoms with van der Waals surface area (Å²) in [6, 6.07) is 7.91. The maximum atomic E-state index is 13.5. The highest BCUT2D eigenvalue weighted by Crippen LogP contribution is 2.33. The number of carbonyl (C=O) groups excluding carboxylic acids is 1. The van der Waals surface area contributed by atoms with Gasteiger partial charge in [0.1, 0.15) is 11.9 Å². The zero-order valence-corrected chi connectivity index (χ0v) is 17.2. The number of carbonyl (C=O) groups is 1. The number of hydrogen-bond acceptors (Lipinski definition) is 8. The van der Waals surface area contributed by atoms with Crippen molar-refractivity contribution in [1.82, 2.24) is 19.9 Å². The fourth-order valence-corrected chi connectivity index (χ4v) is 3.86. The molecule has 0 amide bonds. The summed E-state index contributed by atoms with van der Waals surface area (Å²) in [6.07, 6.45) is 2.75. The van der Waals surface area contributed by atoms with Crippen molar-refractivity contribution >= 4 is 12.4 Å². The van der Waals surface area contributed by atoms with Crippen molar-refractivity contribution in [3.63, 3.8) is 0 Å². The summed E-state index contributed by atoms with van der Waals surface area (Å²) in [6.45, 7) is 2.62. The van der Waals surface area contributed by atoms with Crippen molar-refractivity contribution in [1.29, 1.82) is 0 Å². The van der Waals surface area contributed by atoms with Crippen LogP contribution in [0, 0.1) is 5.82 Å². The Morgan fingerprint density at radius 3 is 2.56 bits per heavy atom. The maximum Gasteiger partial charge on any atom is 0.293 e. The average Bonchev–Trinajstić information content (AvgIpc) is 3.51. The number of H-pyrrole nitrogens is 1. The van der Waals surface area contributed by atoms with Gasteiger partial charge in [-0.25, -0.2) is 19.3 Å². The molecule has 2 aliphatic rings. The lowest BCUT2D eigenvalue weighted by Crippen LogP contribution is -2.33. The summed E-state index contributed by atoms with van der Waals surface area (Å²) in [5, 5.41) is 0. The average molecular weight is 439 g/mol. The number of nitrogens with one attached hydrogen (secondary N) is 1. The van der Waals surface area contributed by atoms with E-state index in [2.05, 4.69) is 14.9 Å². The van der Waals surface area contributed by atoms with Crippen LogP contribution in [0.2, 0.25) is 0 Å². The number of ether oxygens (including phenoxy) is 3. The quantitative estimate of drug-likeness (QED) is 0.585. The van der Waals surface area contributed by atoms with Crippen LogP contribution in [0.3, 0.4) is 0 Å². The Kier molecular flexibility index (Phi) is 5.78. The number of benzene rings is 1. The number of hydrogen-bond donors (Lipinski definition) is 1. The van der Waals surface area contributed by atoms with E-state index in [1.807, 2.05) is 0 Å². The molecular weight excluding hydrogens is 417 g/mol. The van der Waals surface area contributed by atoms with E-state index in [1.54, 1.807) is 24.4 Å². The van der Waals surface area contributed by atoms with Gasteiger partial charge in [0.15, 0.2) is 5.82 Å². The van der Waals surface area contributed by atoms with E-state index in [-0.39, 0.29) is 19.0 Å². The van der Waals surface area contributed by atoms with E-state index in [0.717, 1.165) is 31.5 Å². The minimum absolute atomic E-state index is 0.192. The van der Waals surface area contributed by atoms with Gasteiger partial charge in [0, 0.05) is 24.8 Å². The number of aromatic nitrogens is 4. The highest BCUT2D eigenvalue weighted by Gasteiger charge is 2.29. The summed E-state index contributed by atoms with van der Waals surface area (Å²) in [7, 11) is 0. The third-order valence-corrected chi connectivity index (χ3v) is 5.47. The second-order valence-corrected chi connectivity index (χ2v) is 7.64. The summed E-state index contributed by atoms with van der Waals surface area (Å²) < 4.78 is 29.8. The Labute approximate surface area is 183 Å². The molecule has 0 unspecified atom stereocenters. The molecule has 2 saturated heterocycles. The van der Waals surface area contributed by atoms with Crippen molar-refractivity contribution in [2.75, 3.05) is 31.2 Å². The molecule has 1 aromatic carbocycles. The Morgan fingerprint density at radius 1 is 1.09 bits per heavy atom. The first-order chi connectivity index (χ1) is 15.7. The first-order valence-electron chi connectivity index (χ1n) is 10.5. The predicted octanol–water partition coefficient (Wildman–Crippen LogP) is 2.86. The van der Waals surface area contributed by atoms with Gasteiger partial charge in [-0.15, -0.1) is 0 Å². The van der Waals surface area contributed by atoms with Crippen LogP contribution in [0.25, 0.3) is 22.6 Å². The lowest BCUT2D eigenvalue weighted by atomic mass is 10.1. The lowest BCUT2D eigenvalue weighted by molar-refractivity contribution is -0.228. The summed E-state index contributed by atoms with van der Waals surface area (Å²) in [4.78, 5) is 29.8. The molecule has 2 fully saturated rings. The van der Waals surface area contributed by atoms with Crippen LogP contribution in [0.4, 0.5) is 10.3 Å². The summed E-state index contributed by atoms with van der Waals surface area (Å²) in [5.41, 5.74) is 2.65. The van der Waals surface area contributed by atoms with Gasteiger partial charge in [-0.2, -0.15) is 0 Å². The number of rotatable bonds is 6. The van der Waals surface area contributed by atoms with Crippen molar-refractivity contribution < 1.29 is 23.4 Å². The second kappa shape index (κ2) is 9.01. The summed E-state index contributed by atoms with van der Waals surface area (Å²) >= 11 is 0. The standard InChI is InChI=1S/C22H22FN5O4/c23-15-5-3-14(4-6-15)18-19(17-7-8-24-22(25-17)28-9-1-2-10-28)27-20(26-18)21-30-11-16(12-31-21)32-13-29/h3-8,13,16,21H,1-2,9-12H2,(H,26,27). The predicted molar refractivity (Wildman–Crippen MR) is 112 cm³/mol. The molecule has 0 aliphatic carbocycles. The van der Waals surface area contributed by atoms with E-state index in [4.69, 9.17) is 24.2 Å². The third-order valence-electron chi connectivity index (χ3n) is 5.47. The molecule has 9 nitrogen and oxygen atoms in total. The molecule has 0 saturated carbocycles. The molecule has 0 radical (unpaired) electrons. The van der Waals surface area contributed by atoms with Crippen LogP contribution in [-0.2, 0) is 19.0 Å². The molecule has 0 atom stereocenters. The Morgan fingerprint density at radius 2 is 1.84 bits per heavy atom. The molecule has 2 aromatic heterocycles. The van der Waals surface area contributed by atoms with Gasteiger partial charge in [0.25, 0.3) is 6.47 Å². The second-order valence-electron chi connectivity index (χ2n) is 7.64. The van der Waals surface area contributed by atoms with Gasteiger partial charge in [-0.3, -0.25) is 4.79 Å². The van der Waals surface area contributed by atoms with Gasteiger partial charge >= 0.3 is 0 Å². The number of aromatic amines is 1. The van der Waals surface area contributed by atoms with E-state index in [9.17, 15) is 9.18 Å². The fraction of sp³-hybridized carbons (Fsp3) is 0.364. The molecule has 32 heavy (non-hydrogen) atoms. The smallest absolute Gasteiger partial charge is 0.293 e. The Balaban J connectivity index is 1.50. The van der Waals surface area contributed by atoms with E-state index < -0.39 is 12.4 Å². The van der Waals surface area contributed by atoms with Crippen LogP contribution in [0.5, 0.6) is 0 Å². The first-order valence-corrected chi connectivity index (χ1v) is 10.5. The minimum atomic E-state index is -0.755. The molecule has 5 rings (SSSR count). The fourth-order valence-electron chi connectivity index (χ4n) is 3.86. The SMILES string of the molecule is O=COC1COC(c2nc(-c3ccc(F)cc3)c(-c3ccnc(N4CCCC4)n3)[nH]2)OC1. The number of anilines is 1. The molecule has 4 heterocycles. The van der Waals surface area contributed by atoms with Crippen LogP contribution >= 0.6 is 0 Å². The van der Waals surface area contributed by atoms with Crippen LogP contribution in [0.15, 0.2) is 36.5 Å². The van der Waals surface area contributed by atoms with E-state index >= 15 is 0 Å². The number of halogens is 1.